The highest BCUT2D eigenvalue weighted by Gasteiger charge is 2.40. The first kappa shape index (κ1) is 21.2. The Labute approximate surface area is 190 Å². The van der Waals surface area contributed by atoms with Gasteiger partial charge < -0.3 is 10.5 Å². The van der Waals surface area contributed by atoms with E-state index in [9.17, 15) is 14.4 Å². The van der Waals surface area contributed by atoms with Gasteiger partial charge in [-0.05, 0) is 48.6 Å². The van der Waals surface area contributed by atoms with Crippen molar-refractivity contribution in [1.82, 2.24) is 9.89 Å². The Morgan fingerprint density at radius 1 is 1.06 bits per heavy atom. The van der Waals surface area contributed by atoms with E-state index in [1.165, 1.54) is 19.3 Å². The van der Waals surface area contributed by atoms with E-state index in [-0.39, 0.29) is 5.91 Å². The minimum absolute atomic E-state index is 0.240. The molecular weight excluding hydrogens is 420 g/mol. The van der Waals surface area contributed by atoms with Crippen molar-refractivity contribution in [2.45, 2.75) is 38.2 Å². The second-order valence-corrected chi connectivity index (χ2v) is 9.05. The molecule has 2 aliphatic rings. The van der Waals surface area contributed by atoms with Gasteiger partial charge in [-0.2, -0.15) is 0 Å². The monoisotopic (exact) mass is 446 g/mol. The van der Waals surface area contributed by atoms with Crippen LogP contribution in [0.3, 0.4) is 0 Å². The summed E-state index contributed by atoms with van der Waals surface area (Å²) in [6.45, 7) is 0. The Morgan fingerprint density at radius 3 is 2.45 bits per heavy atom. The highest BCUT2D eigenvalue weighted by atomic mass is 16.6. The molecule has 8 nitrogen and oxygen atoms in total. The fraction of sp³-hybridized carbons (Fsp3) is 0.360. The summed E-state index contributed by atoms with van der Waals surface area (Å²) in [7, 11) is 0. The van der Waals surface area contributed by atoms with Gasteiger partial charge in [-0.15, -0.1) is 9.89 Å². The number of benzene rings is 2. The average molecular weight is 447 g/mol. The topological polar surface area (TPSA) is 116 Å². The fourth-order valence-electron chi connectivity index (χ4n) is 5.54. The molecule has 170 valence electrons. The molecule has 3 aromatic rings. The summed E-state index contributed by atoms with van der Waals surface area (Å²) in [6, 6.07) is 15.9. The predicted octanol–water partition coefficient (Wildman–Crippen LogP) is 3.48. The van der Waals surface area contributed by atoms with Crippen LogP contribution in [-0.2, 0) is 9.53 Å². The Kier molecular flexibility index (Phi) is 5.58. The number of fused-ring (bicyclic) bond motifs is 3. The van der Waals surface area contributed by atoms with Crippen molar-refractivity contribution in [2.24, 2.45) is 23.5 Å². The molecule has 0 spiro atoms. The second kappa shape index (κ2) is 8.69. The van der Waals surface area contributed by atoms with Gasteiger partial charge in [-0.25, -0.2) is 10.2 Å². The van der Waals surface area contributed by atoms with Gasteiger partial charge >= 0.3 is 6.09 Å². The van der Waals surface area contributed by atoms with Gasteiger partial charge in [-0.1, -0.05) is 55.0 Å². The zero-order chi connectivity index (χ0) is 22.9. The third-order valence-electron chi connectivity index (χ3n) is 6.98. The van der Waals surface area contributed by atoms with Crippen molar-refractivity contribution < 1.29 is 14.3 Å². The minimum Gasteiger partial charge on any atom is -0.435 e. The van der Waals surface area contributed by atoms with Gasteiger partial charge in [0.1, 0.15) is 5.69 Å². The standard InChI is InChI=1S/C25H26N4O4/c26-25(32)33-23(16-6-2-1-3-7-16)22-19-8-4-5-9-20(19)24(31)29(28-22)27-21(30)14-18-13-15-10-11-17(18)12-15/h1-9,15,17-18,23H,10-14H2,(H2,26,32)(H,27,30). The molecule has 2 fully saturated rings. The summed E-state index contributed by atoms with van der Waals surface area (Å²) in [5.41, 5.74) is 8.54. The molecule has 2 amide bonds. The number of carbonyl (C=O) groups excluding carboxylic acids is 2. The molecule has 1 aromatic heterocycles. The van der Waals surface area contributed by atoms with Crippen molar-refractivity contribution in [3.8, 4) is 0 Å². The molecule has 2 aromatic carbocycles. The number of hydrogen-bond donors (Lipinski definition) is 2. The molecular formula is C25H26N4O4. The van der Waals surface area contributed by atoms with E-state index in [0.29, 0.717) is 40.3 Å². The summed E-state index contributed by atoms with van der Waals surface area (Å²) >= 11 is 0. The molecule has 33 heavy (non-hydrogen) atoms. The predicted molar refractivity (Wildman–Crippen MR) is 123 cm³/mol. The number of aromatic nitrogens is 2. The van der Waals surface area contributed by atoms with Crippen LogP contribution < -0.4 is 16.7 Å². The van der Waals surface area contributed by atoms with E-state index in [2.05, 4.69) is 10.5 Å². The number of nitrogens with one attached hydrogen (secondary N) is 1. The van der Waals surface area contributed by atoms with E-state index in [1.54, 1.807) is 36.4 Å². The summed E-state index contributed by atoms with van der Waals surface area (Å²) in [5.74, 6) is 1.45. The number of rotatable bonds is 6. The first-order valence-electron chi connectivity index (χ1n) is 11.3. The maximum absolute atomic E-state index is 13.1. The van der Waals surface area contributed by atoms with Crippen LogP contribution in [0.4, 0.5) is 4.79 Å². The molecule has 8 heteroatoms. The maximum atomic E-state index is 13.1. The number of primary amides is 1. The Balaban J connectivity index is 1.52. The molecule has 5 rings (SSSR count). The normalized spacial score (nSPS) is 22.2. The van der Waals surface area contributed by atoms with Crippen molar-refractivity contribution >= 4 is 22.8 Å². The van der Waals surface area contributed by atoms with Crippen molar-refractivity contribution in [3.63, 3.8) is 0 Å². The number of nitrogens with two attached hydrogens (primary N) is 1. The first-order chi connectivity index (χ1) is 16.0. The van der Waals surface area contributed by atoms with Crippen molar-refractivity contribution in [2.75, 3.05) is 5.43 Å². The zero-order valence-corrected chi connectivity index (χ0v) is 18.1. The molecule has 3 N–H and O–H groups in total. The van der Waals surface area contributed by atoms with Gasteiger partial charge in [0, 0.05) is 11.8 Å². The molecule has 0 radical (unpaired) electrons. The number of ether oxygens (including phenoxy) is 1. The summed E-state index contributed by atoms with van der Waals surface area (Å²) in [5, 5.41) is 5.31. The third kappa shape index (κ3) is 4.20. The lowest BCUT2D eigenvalue weighted by Gasteiger charge is -2.22. The average Bonchev–Trinajstić information content (AvgIpc) is 3.43. The lowest BCUT2D eigenvalue weighted by atomic mass is 9.86. The van der Waals surface area contributed by atoms with Gasteiger partial charge in [0.2, 0.25) is 5.91 Å². The van der Waals surface area contributed by atoms with Crippen LogP contribution in [-0.4, -0.2) is 21.9 Å². The molecule has 2 bridgehead atoms. The Morgan fingerprint density at radius 2 is 1.79 bits per heavy atom. The minimum atomic E-state index is -0.965. The highest BCUT2D eigenvalue weighted by Crippen LogP contribution is 2.49. The molecule has 4 unspecified atom stereocenters. The number of carbonyl (C=O) groups is 2. The van der Waals surface area contributed by atoms with E-state index >= 15 is 0 Å². The van der Waals surface area contributed by atoms with Gasteiger partial charge in [0.05, 0.1) is 5.39 Å². The van der Waals surface area contributed by atoms with Crippen LogP contribution in [0.2, 0.25) is 0 Å². The highest BCUT2D eigenvalue weighted by molar-refractivity contribution is 5.86. The van der Waals surface area contributed by atoms with Gasteiger partial charge in [-0.3, -0.25) is 9.59 Å². The van der Waals surface area contributed by atoms with Crippen LogP contribution in [0, 0.1) is 17.8 Å². The van der Waals surface area contributed by atoms with Crippen LogP contribution in [0.5, 0.6) is 0 Å². The van der Waals surface area contributed by atoms with E-state index in [1.807, 2.05) is 18.2 Å². The lowest BCUT2D eigenvalue weighted by molar-refractivity contribution is -0.118. The van der Waals surface area contributed by atoms with E-state index in [0.717, 1.165) is 17.1 Å². The summed E-state index contributed by atoms with van der Waals surface area (Å²) in [6.07, 6.45) is 3.20. The Bertz CT molecular complexity index is 1260. The molecule has 4 atom stereocenters. The second-order valence-electron chi connectivity index (χ2n) is 9.05. The molecule has 1 heterocycles. The molecule has 2 aliphatic carbocycles. The smallest absolute Gasteiger partial charge is 0.405 e. The van der Waals surface area contributed by atoms with Gasteiger partial charge in [0.25, 0.3) is 5.56 Å². The fourth-order valence-corrected chi connectivity index (χ4v) is 5.54. The summed E-state index contributed by atoms with van der Waals surface area (Å²) in [4.78, 5) is 38.6. The molecule has 2 saturated carbocycles. The van der Waals surface area contributed by atoms with E-state index < -0.39 is 17.8 Å². The van der Waals surface area contributed by atoms with Crippen molar-refractivity contribution in [3.05, 3.63) is 76.2 Å². The maximum Gasteiger partial charge on any atom is 0.405 e. The number of hydrogen-bond acceptors (Lipinski definition) is 5. The molecule has 0 aliphatic heterocycles. The van der Waals surface area contributed by atoms with Crippen molar-refractivity contribution in [1.29, 1.82) is 0 Å². The van der Waals surface area contributed by atoms with Crippen LogP contribution in [0.15, 0.2) is 59.4 Å². The lowest BCUT2D eigenvalue weighted by Crippen LogP contribution is -2.37. The Hall–Kier alpha value is -3.68. The largest absolute Gasteiger partial charge is 0.435 e. The SMILES string of the molecule is NC(=O)OC(c1ccccc1)c1nn(NC(=O)CC2CC3CCC2C3)c(=O)c2ccccc12. The number of nitrogens with zero attached hydrogens (tertiary/aromatic N) is 2. The third-order valence-corrected chi connectivity index (χ3v) is 6.98. The summed E-state index contributed by atoms with van der Waals surface area (Å²) < 4.78 is 5.42. The van der Waals surface area contributed by atoms with Gasteiger partial charge in [0.15, 0.2) is 6.10 Å². The molecule has 0 saturated heterocycles. The number of amides is 2. The van der Waals surface area contributed by atoms with E-state index in [4.69, 9.17) is 10.5 Å². The van der Waals surface area contributed by atoms with Crippen LogP contribution in [0.25, 0.3) is 10.8 Å². The van der Waals surface area contributed by atoms with Crippen LogP contribution in [0.1, 0.15) is 49.5 Å². The quantitative estimate of drug-likeness (QED) is 0.601. The van der Waals surface area contributed by atoms with Crippen LogP contribution >= 0.6 is 0 Å². The zero-order valence-electron chi connectivity index (χ0n) is 18.1. The first-order valence-corrected chi connectivity index (χ1v) is 11.3.